The van der Waals surface area contributed by atoms with Crippen molar-refractivity contribution in [3.63, 3.8) is 0 Å². The molecule has 0 saturated carbocycles. The summed E-state index contributed by atoms with van der Waals surface area (Å²) in [4.78, 5) is 17.0. The number of nitrogens with zero attached hydrogens (tertiary/aromatic N) is 1. The average Bonchev–Trinajstić information content (AvgIpc) is 2.71. The minimum atomic E-state index is -0.598. The number of nitrogens with one attached hydrogen (secondary N) is 1. The van der Waals surface area contributed by atoms with Crippen molar-refractivity contribution in [2.24, 2.45) is 10.9 Å². The molecule has 2 rings (SSSR count). The Bertz CT molecular complexity index is 842. The number of halogens is 1. The highest BCUT2D eigenvalue weighted by Gasteiger charge is 2.35. The van der Waals surface area contributed by atoms with Gasteiger partial charge in [0.1, 0.15) is 17.5 Å². The number of amides is 1. The van der Waals surface area contributed by atoms with Crippen LogP contribution in [0.4, 0.5) is 9.18 Å². The molecule has 5 nitrogen and oxygen atoms in total. The first-order chi connectivity index (χ1) is 15.1. The number of rotatable bonds is 7. The summed E-state index contributed by atoms with van der Waals surface area (Å²) >= 11 is 0. The molecule has 1 aromatic carbocycles. The topological polar surface area (TPSA) is 59.9 Å². The maximum atomic E-state index is 14.0. The lowest BCUT2D eigenvalue weighted by Gasteiger charge is -2.38. The number of benzene rings is 1. The SMILES string of the molecule is C/C=C(/CC)C(CC[C@@H]1CO[C@H](c2cc(F)ccc2C)C(NC(=O)OC(C)(C)C)C1)=NC. The van der Waals surface area contributed by atoms with E-state index in [2.05, 4.69) is 23.3 Å². The Balaban J connectivity index is 2.18. The number of allylic oxidation sites excluding steroid dienone is 2. The Kier molecular flexibility index (Phi) is 9.44. The molecule has 32 heavy (non-hydrogen) atoms. The van der Waals surface area contributed by atoms with E-state index < -0.39 is 17.8 Å². The normalized spacial score (nSPS) is 22.6. The summed E-state index contributed by atoms with van der Waals surface area (Å²) in [6.45, 7) is 12.2. The van der Waals surface area contributed by atoms with E-state index in [9.17, 15) is 9.18 Å². The fraction of sp³-hybridized carbons (Fsp3) is 0.615. The van der Waals surface area contributed by atoms with Gasteiger partial charge in [-0.3, -0.25) is 4.99 Å². The van der Waals surface area contributed by atoms with E-state index in [1.165, 1.54) is 17.7 Å². The van der Waals surface area contributed by atoms with Gasteiger partial charge in [0.05, 0.1) is 12.6 Å². The summed E-state index contributed by atoms with van der Waals surface area (Å²) in [6.07, 6.45) is 4.67. The zero-order valence-electron chi connectivity index (χ0n) is 20.6. The van der Waals surface area contributed by atoms with Crippen LogP contribution in [0.25, 0.3) is 0 Å². The lowest BCUT2D eigenvalue weighted by molar-refractivity contribution is -0.0453. The molecule has 1 amide bonds. The maximum Gasteiger partial charge on any atom is 0.407 e. The molecule has 1 N–H and O–H groups in total. The van der Waals surface area contributed by atoms with Crippen LogP contribution in [0.15, 0.2) is 34.8 Å². The molecule has 1 saturated heterocycles. The molecular formula is C26H39FN2O3. The molecular weight excluding hydrogens is 407 g/mol. The second kappa shape index (κ2) is 11.6. The molecule has 1 aromatic rings. The van der Waals surface area contributed by atoms with Crippen LogP contribution in [0.5, 0.6) is 0 Å². The fourth-order valence-corrected chi connectivity index (χ4v) is 4.26. The van der Waals surface area contributed by atoms with Crippen LogP contribution in [0, 0.1) is 18.7 Å². The Labute approximate surface area is 192 Å². The van der Waals surface area contributed by atoms with Crippen molar-refractivity contribution in [3.05, 3.63) is 46.8 Å². The first-order valence-electron chi connectivity index (χ1n) is 11.6. The second-order valence-corrected chi connectivity index (χ2v) is 9.49. The molecule has 0 aromatic heterocycles. The Morgan fingerprint density at radius 1 is 1.38 bits per heavy atom. The first kappa shape index (κ1) is 26.0. The Hall–Kier alpha value is -2.21. The van der Waals surface area contributed by atoms with Crippen molar-refractivity contribution in [3.8, 4) is 0 Å². The van der Waals surface area contributed by atoms with Crippen LogP contribution in [-0.4, -0.2) is 37.1 Å². The second-order valence-electron chi connectivity index (χ2n) is 9.49. The standard InChI is InChI=1S/C26H39FN2O3/c1-8-19(9-2)22(28-7)13-11-18-14-23(29-25(30)32-26(4,5)6)24(31-16-18)21-15-20(27)12-10-17(21)3/h8,10,12,15,18,23-24H,9,11,13-14,16H2,1-7H3,(H,29,30)/b19-8-,28-22?/t18-,23?,24+/m0/s1. The fourth-order valence-electron chi connectivity index (χ4n) is 4.26. The van der Waals surface area contributed by atoms with Gasteiger partial charge in [0.25, 0.3) is 0 Å². The molecule has 1 unspecified atom stereocenters. The van der Waals surface area contributed by atoms with Crippen LogP contribution < -0.4 is 5.32 Å². The lowest BCUT2D eigenvalue weighted by atomic mass is 9.85. The minimum Gasteiger partial charge on any atom is -0.444 e. The largest absolute Gasteiger partial charge is 0.444 e. The number of alkyl carbamates (subject to hydrolysis) is 1. The van der Waals surface area contributed by atoms with Crippen molar-refractivity contribution in [1.29, 1.82) is 0 Å². The van der Waals surface area contributed by atoms with Gasteiger partial charge in [0, 0.05) is 12.8 Å². The third kappa shape index (κ3) is 7.44. The van der Waals surface area contributed by atoms with Crippen molar-refractivity contribution < 1.29 is 18.7 Å². The summed E-state index contributed by atoms with van der Waals surface area (Å²) < 4.78 is 25.7. The van der Waals surface area contributed by atoms with Gasteiger partial charge in [-0.05, 0) is 95.1 Å². The number of carbonyl (C=O) groups is 1. The quantitative estimate of drug-likeness (QED) is 0.499. The number of aliphatic imine (C=N–C) groups is 1. The van der Waals surface area contributed by atoms with E-state index in [0.29, 0.717) is 6.61 Å². The van der Waals surface area contributed by atoms with Gasteiger partial charge in [-0.1, -0.05) is 19.1 Å². The lowest BCUT2D eigenvalue weighted by Crippen LogP contribution is -2.47. The number of hydrogen-bond acceptors (Lipinski definition) is 4. The summed E-state index contributed by atoms with van der Waals surface area (Å²) in [5.41, 5.74) is 3.49. The molecule has 6 heteroatoms. The van der Waals surface area contributed by atoms with E-state index in [4.69, 9.17) is 9.47 Å². The van der Waals surface area contributed by atoms with E-state index in [1.807, 2.05) is 41.7 Å². The molecule has 0 spiro atoms. The summed E-state index contributed by atoms with van der Waals surface area (Å²) in [5.74, 6) is -0.0543. The summed E-state index contributed by atoms with van der Waals surface area (Å²) in [5, 5.41) is 3.00. The highest BCUT2D eigenvalue weighted by molar-refractivity contribution is 5.99. The summed E-state index contributed by atoms with van der Waals surface area (Å²) in [6, 6.07) is 4.39. The van der Waals surface area contributed by atoms with Gasteiger partial charge in [-0.2, -0.15) is 0 Å². The molecule has 1 aliphatic heterocycles. The van der Waals surface area contributed by atoms with Gasteiger partial charge < -0.3 is 14.8 Å². The molecule has 1 heterocycles. The molecule has 0 bridgehead atoms. The van der Waals surface area contributed by atoms with Crippen LogP contribution in [0.1, 0.15) is 77.5 Å². The smallest absolute Gasteiger partial charge is 0.407 e. The van der Waals surface area contributed by atoms with Gasteiger partial charge in [0.2, 0.25) is 0 Å². The predicted octanol–water partition coefficient (Wildman–Crippen LogP) is 6.31. The third-order valence-corrected chi connectivity index (χ3v) is 5.87. The first-order valence-corrected chi connectivity index (χ1v) is 11.6. The van der Waals surface area contributed by atoms with E-state index in [1.54, 1.807) is 6.07 Å². The number of aryl methyl sites for hydroxylation is 1. The Morgan fingerprint density at radius 2 is 2.09 bits per heavy atom. The van der Waals surface area contributed by atoms with Crippen molar-refractivity contribution in [2.75, 3.05) is 13.7 Å². The highest BCUT2D eigenvalue weighted by Crippen LogP contribution is 2.35. The molecule has 0 radical (unpaired) electrons. The van der Waals surface area contributed by atoms with E-state index >= 15 is 0 Å². The summed E-state index contributed by atoms with van der Waals surface area (Å²) in [7, 11) is 1.83. The number of hydrogen-bond donors (Lipinski definition) is 1. The van der Waals surface area contributed by atoms with Gasteiger partial charge >= 0.3 is 6.09 Å². The van der Waals surface area contributed by atoms with Crippen LogP contribution in [0.2, 0.25) is 0 Å². The zero-order valence-corrected chi connectivity index (χ0v) is 20.6. The van der Waals surface area contributed by atoms with Crippen molar-refractivity contribution in [2.45, 2.75) is 85.0 Å². The molecule has 1 aliphatic rings. The van der Waals surface area contributed by atoms with Crippen molar-refractivity contribution >= 4 is 11.8 Å². The maximum absolute atomic E-state index is 14.0. The van der Waals surface area contributed by atoms with Crippen LogP contribution in [-0.2, 0) is 9.47 Å². The Morgan fingerprint density at radius 3 is 2.69 bits per heavy atom. The number of carbonyl (C=O) groups excluding carboxylic acids is 1. The number of ether oxygens (including phenoxy) is 2. The minimum absolute atomic E-state index is 0.256. The van der Waals surface area contributed by atoms with Gasteiger partial charge in [-0.25, -0.2) is 9.18 Å². The van der Waals surface area contributed by atoms with Crippen molar-refractivity contribution in [1.82, 2.24) is 5.32 Å². The van der Waals surface area contributed by atoms with Crippen LogP contribution in [0.3, 0.4) is 0 Å². The monoisotopic (exact) mass is 446 g/mol. The van der Waals surface area contributed by atoms with Gasteiger partial charge in [0.15, 0.2) is 0 Å². The third-order valence-electron chi connectivity index (χ3n) is 5.87. The van der Waals surface area contributed by atoms with E-state index in [-0.39, 0.29) is 17.8 Å². The molecule has 1 fully saturated rings. The molecule has 178 valence electrons. The molecule has 0 aliphatic carbocycles. The molecule has 3 atom stereocenters. The highest BCUT2D eigenvalue weighted by atomic mass is 19.1. The van der Waals surface area contributed by atoms with Crippen LogP contribution >= 0.6 is 0 Å². The average molecular weight is 447 g/mol. The zero-order chi connectivity index (χ0) is 23.9. The van der Waals surface area contributed by atoms with E-state index in [0.717, 1.165) is 42.5 Å². The predicted molar refractivity (Wildman–Crippen MR) is 128 cm³/mol. The van der Waals surface area contributed by atoms with Gasteiger partial charge in [-0.15, -0.1) is 0 Å².